The van der Waals surface area contributed by atoms with Crippen molar-refractivity contribution in [3.63, 3.8) is 0 Å². The van der Waals surface area contributed by atoms with Crippen LogP contribution < -0.4 is 40.0 Å². The Hall–Kier alpha value is 0.230. The molecule has 36 valence electrons. The summed E-state index contributed by atoms with van der Waals surface area (Å²) in [5, 5.41) is 18.5. The molecule has 0 rings (SSSR count). The van der Waals surface area contributed by atoms with Gasteiger partial charge >= 0.3 is 29.6 Å². The fourth-order valence-corrected chi connectivity index (χ4v) is 0.0645. The molecule has 0 aliphatic carbocycles. The van der Waals surface area contributed by atoms with Gasteiger partial charge in [0.15, 0.2) is 0 Å². The summed E-state index contributed by atoms with van der Waals surface area (Å²) >= 11 is 0. The summed E-state index contributed by atoms with van der Waals surface area (Å²) in [6.07, 6.45) is -1.46. The van der Waals surface area contributed by atoms with Gasteiger partial charge in [0.05, 0.1) is 0 Å². The molecule has 2 N–H and O–H groups in total. The maximum atomic E-state index is 9.22. The van der Waals surface area contributed by atoms with Crippen LogP contribution in [0.15, 0.2) is 0 Å². The summed E-state index contributed by atoms with van der Waals surface area (Å²) in [7, 11) is 0. The molecule has 0 saturated carbocycles. The normalized spacial score (nSPS) is 6.43. The van der Waals surface area contributed by atoms with Gasteiger partial charge in [-0.05, 0) is 0 Å². The second kappa shape index (κ2) is 6.23. The van der Waals surface area contributed by atoms with Crippen molar-refractivity contribution in [3.05, 3.63) is 0 Å². The molecule has 0 bridgehead atoms. The number of aliphatic hydroxyl groups excluding tert-OH is 1. The van der Waals surface area contributed by atoms with Crippen molar-refractivity contribution < 1.29 is 44.6 Å². The standard InChI is InChI=1S/C2H5NO3.Na/c4-1-3-2(5)6;/h3-4H,1H2,(H,5,6);/q;+1/p-1. The largest absolute Gasteiger partial charge is 1.00 e. The summed E-state index contributed by atoms with van der Waals surface area (Å²) in [6, 6.07) is 0. The number of carbonyl (C=O) groups excluding carboxylic acids is 1. The van der Waals surface area contributed by atoms with Crippen molar-refractivity contribution in [3.8, 4) is 0 Å². The molecule has 0 spiro atoms. The summed E-state index contributed by atoms with van der Waals surface area (Å²) in [5.74, 6) is 0. The van der Waals surface area contributed by atoms with E-state index in [1.807, 2.05) is 0 Å². The third kappa shape index (κ3) is 10.7. The van der Waals surface area contributed by atoms with Gasteiger partial charge in [-0.1, -0.05) is 0 Å². The zero-order valence-electron chi connectivity index (χ0n) is 3.97. The zero-order valence-corrected chi connectivity index (χ0v) is 5.97. The minimum atomic E-state index is -1.46. The van der Waals surface area contributed by atoms with E-state index >= 15 is 0 Å². The van der Waals surface area contributed by atoms with Gasteiger partial charge in [0.2, 0.25) is 0 Å². The Labute approximate surface area is 62.8 Å². The fourth-order valence-electron chi connectivity index (χ4n) is 0.0645. The molecule has 0 aromatic carbocycles. The summed E-state index contributed by atoms with van der Waals surface area (Å²) in [6.45, 7) is -0.581. The van der Waals surface area contributed by atoms with Crippen molar-refractivity contribution in [2.45, 2.75) is 0 Å². The Morgan fingerprint density at radius 3 is 2.29 bits per heavy atom. The maximum Gasteiger partial charge on any atom is 1.00 e. The van der Waals surface area contributed by atoms with E-state index < -0.39 is 12.8 Å². The quantitative estimate of drug-likeness (QED) is 0.264. The van der Waals surface area contributed by atoms with E-state index in [-0.39, 0.29) is 29.6 Å². The van der Waals surface area contributed by atoms with Crippen LogP contribution in [0.25, 0.3) is 0 Å². The molecule has 1 amide bonds. The van der Waals surface area contributed by atoms with E-state index in [4.69, 9.17) is 5.11 Å². The predicted molar refractivity (Wildman–Crippen MR) is 15.6 cm³/mol. The third-order valence-electron chi connectivity index (χ3n) is 0.223. The summed E-state index contributed by atoms with van der Waals surface area (Å²) in [5.41, 5.74) is 0. The Bertz CT molecular complexity index is 56.9. The number of amides is 1. The molecule has 5 heteroatoms. The first-order chi connectivity index (χ1) is 2.77. The van der Waals surface area contributed by atoms with Crippen LogP contribution >= 0.6 is 0 Å². The molecular weight excluding hydrogens is 109 g/mol. The van der Waals surface area contributed by atoms with Crippen molar-refractivity contribution in [1.82, 2.24) is 5.32 Å². The molecule has 0 saturated heterocycles. The van der Waals surface area contributed by atoms with E-state index in [1.54, 1.807) is 5.32 Å². The van der Waals surface area contributed by atoms with Gasteiger partial charge < -0.3 is 20.3 Å². The summed E-state index contributed by atoms with van der Waals surface area (Å²) < 4.78 is 0. The van der Waals surface area contributed by atoms with Crippen LogP contribution in [0.3, 0.4) is 0 Å². The molecule has 0 heterocycles. The Balaban J connectivity index is 0. The number of hydrogen-bond acceptors (Lipinski definition) is 3. The van der Waals surface area contributed by atoms with Crippen molar-refractivity contribution >= 4 is 6.09 Å². The van der Waals surface area contributed by atoms with Crippen LogP contribution in [0, 0.1) is 0 Å². The van der Waals surface area contributed by atoms with Gasteiger partial charge in [-0.25, -0.2) is 0 Å². The first-order valence-electron chi connectivity index (χ1n) is 1.33. The summed E-state index contributed by atoms with van der Waals surface area (Å²) in [4.78, 5) is 9.22. The molecule has 0 aliphatic rings. The van der Waals surface area contributed by atoms with Crippen LogP contribution in [-0.4, -0.2) is 17.9 Å². The second-order valence-corrected chi connectivity index (χ2v) is 0.622. The number of carbonyl (C=O) groups is 1. The van der Waals surface area contributed by atoms with Crippen LogP contribution in [0.1, 0.15) is 0 Å². The molecule has 0 radical (unpaired) electrons. The van der Waals surface area contributed by atoms with E-state index in [9.17, 15) is 9.90 Å². The Morgan fingerprint density at radius 2 is 2.29 bits per heavy atom. The Morgan fingerprint density at radius 1 is 1.86 bits per heavy atom. The Kier molecular flexibility index (Phi) is 9.13. The number of rotatable bonds is 1. The number of nitrogens with one attached hydrogen (secondary N) is 1. The van der Waals surface area contributed by atoms with Crippen LogP contribution in [0.2, 0.25) is 0 Å². The van der Waals surface area contributed by atoms with Gasteiger partial charge in [-0.2, -0.15) is 0 Å². The van der Waals surface area contributed by atoms with Crippen molar-refractivity contribution in [2.24, 2.45) is 0 Å². The van der Waals surface area contributed by atoms with Crippen LogP contribution in [-0.2, 0) is 0 Å². The van der Waals surface area contributed by atoms with Crippen LogP contribution in [0.5, 0.6) is 0 Å². The fraction of sp³-hybridized carbons (Fsp3) is 0.500. The van der Waals surface area contributed by atoms with Crippen LogP contribution in [0.4, 0.5) is 4.79 Å². The minimum Gasteiger partial charge on any atom is -0.530 e. The van der Waals surface area contributed by atoms with E-state index in [0.717, 1.165) is 0 Å². The maximum absolute atomic E-state index is 9.22. The van der Waals surface area contributed by atoms with Gasteiger partial charge in [-0.15, -0.1) is 0 Å². The van der Waals surface area contributed by atoms with E-state index in [1.165, 1.54) is 0 Å². The van der Waals surface area contributed by atoms with Gasteiger partial charge in [0, 0.05) is 0 Å². The second-order valence-electron chi connectivity index (χ2n) is 0.622. The van der Waals surface area contributed by atoms with Gasteiger partial charge in [0.25, 0.3) is 0 Å². The SMILES string of the molecule is O=C([O-])NCO.[Na+]. The molecule has 7 heavy (non-hydrogen) atoms. The molecule has 0 fully saturated rings. The molecule has 0 atom stereocenters. The molecule has 0 aromatic rings. The number of hydrogen-bond donors (Lipinski definition) is 2. The third-order valence-corrected chi connectivity index (χ3v) is 0.223. The topological polar surface area (TPSA) is 72.4 Å². The number of carboxylic acid groups (broad SMARTS) is 1. The number of aliphatic hydroxyl groups is 1. The predicted octanol–water partition coefficient (Wildman–Crippen LogP) is -5.13. The zero-order chi connectivity index (χ0) is 4.99. The average molecular weight is 113 g/mol. The first-order valence-corrected chi connectivity index (χ1v) is 1.33. The monoisotopic (exact) mass is 113 g/mol. The van der Waals surface area contributed by atoms with Gasteiger partial charge in [-0.3, -0.25) is 0 Å². The molecule has 0 aliphatic heterocycles. The molecule has 0 aromatic heterocycles. The van der Waals surface area contributed by atoms with E-state index in [0.29, 0.717) is 0 Å². The van der Waals surface area contributed by atoms with Crippen molar-refractivity contribution in [2.75, 3.05) is 6.73 Å². The van der Waals surface area contributed by atoms with Gasteiger partial charge in [0.1, 0.15) is 12.8 Å². The van der Waals surface area contributed by atoms with E-state index in [2.05, 4.69) is 0 Å². The molecule has 0 unspecified atom stereocenters. The molecular formula is C2H4NNaO3. The first kappa shape index (κ1) is 10.3. The van der Waals surface area contributed by atoms with Crippen molar-refractivity contribution in [1.29, 1.82) is 0 Å². The minimum absolute atomic E-state index is 0. The average Bonchev–Trinajstić information content (AvgIpc) is 1.35. The smallest absolute Gasteiger partial charge is 0.530 e. The molecule has 4 nitrogen and oxygen atoms in total.